The molecule has 25 heavy (non-hydrogen) atoms. The van der Waals surface area contributed by atoms with E-state index >= 15 is 0 Å². The molecule has 128 valence electrons. The van der Waals surface area contributed by atoms with Crippen LogP contribution in [0, 0.1) is 5.82 Å². The number of hydrogen-bond donors (Lipinski definition) is 3. The molecule has 8 nitrogen and oxygen atoms in total. The molecule has 3 rings (SSSR count). The van der Waals surface area contributed by atoms with Gasteiger partial charge in [-0.3, -0.25) is 10.2 Å². The highest BCUT2D eigenvalue weighted by molar-refractivity contribution is 5.98. The quantitative estimate of drug-likeness (QED) is 0.628. The molecular formula is C16H15FN6O2. The van der Waals surface area contributed by atoms with Crippen LogP contribution in [-0.4, -0.2) is 33.3 Å². The molecule has 0 atom stereocenters. The smallest absolute Gasteiger partial charge is 0.333 e. The number of para-hydroxylation sites is 1. The second-order valence-electron chi connectivity index (χ2n) is 4.99. The Morgan fingerprint density at radius 2 is 1.80 bits per heavy atom. The second kappa shape index (κ2) is 6.87. The Morgan fingerprint density at radius 3 is 2.48 bits per heavy atom. The van der Waals surface area contributed by atoms with E-state index in [1.54, 1.807) is 47.3 Å². The molecule has 0 aliphatic carbocycles. The highest BCUT2D eigenvalue weighted by Crippen LogP contribution is 2.21. The minimum atomic E-state index is -0.588. The number of aromatic nitrogens is 3. The van der Waals surface area contributed by atoms with Gasteiger partial charge >= 0.3 is 6.03 Å². The Morgan fingerprint density at radius 1 is 1.08 bits per heavy atom. The number of urea groups is 1. The van der Waals surface area contributed by atoms with Crippen LogP contribution in [0.15, 0.2) is 55.0 Å². The van der Waals surface area contributed by atoms with Gasteiger partial charge in [-0.15, -0.1) is 0 Å². The summed E-state index contributed by atoms with van der Waals surface area (Å²) in [6, 6.07) is 9.07. The van der Waals surface area contributed by atoms with Crippen LogP contribution in [-0.2, 0) is 0 Å². The summed E-state index contributed by atoms with van der Waals surface area (Å²) in [5, 5.41) is 6.45. The molecule has 0 fully saturated rings. The van der Waals surface area contributed by atoms with Crippen molar-refractivity contribution >= 4 is 11.9 Å². The van der Waals surface area contributed by atoms with Gasteiger partial charge in [0.2, 0.25) is 0 Å². The van der Waals surface area contributed by atoms with E-state index in [9.17, 15) is 14.0 Å². The molecule has 0 aliphatic heterocycles. The van der Waals surface area contributed by atoms with E-state index in [0.717, 1.165) is 0 Å². The molecule has 0 aliphatic rings. The zero-order chi connectivity index (χ0) is 17.8. The predicted octanol–water partition coefficient (Wildman–Crippen LogP) is 1.38. The van der Waals surface area contributed by atoms with Gasteiger partial charge in [-0.25, -0.2) is 19.3 Å². The van der Waals surface area contributed by atoms with Crippen LogP contribution in [0.3, 0.4) is 0 Å². The Hall–Kier alpha value is -3.62. The standard InChI is InChI=1S/C16H15FN6O2/c1-18-16(25)21-20-14(24)11-10-19-23(13-7-3-2-6-12(13)17)15(11)22-8-4-5-9-22/h2-10H,1H3,(H,20,24)(H2,18,21,25). The molecule has 0 saturated carbocycles. The van der Waals surface area contributed by atoms with E-state index in [-0.39, 0.29) is 11.3 Å². The number of nitrogens with zero attached hydrogens (tertiary/aromatic N) is 3. The van der Waals surface area contributed by atoms with Crippen LogP contribution in [0.4, 0.5) is 9.18 Å². The van der Waals surface area contributed by atoms with Crippen LogP contribution < -0.4 is 16.2 Å². The molecular weight excluding hydrogens is 327 g/mol. The molecule has 0 radical (unpaired) electrons. The first-order chi connectivity index (χ1) is 12.1. The van der Waals surface area contributed by atoms with Gasteiger partial charge in [0.15, 0.2) is 5.82 Å². The molecule has 3 aromatic rings. The van der Waals surface area contributed by atoms with Gasteiger partial charge in [-0.2, -0.15) is 5.10 Å². The second-order valence-corrected chi connectivity index (χ2v) is 4.99. The molecule has 0 unspecified atom stereocenters. The van der Waals surface area contributed by atoms with Crippen LogP contribution >= 0.6 is 0 Å². The van der Waals surface area contributed by atoms with Crippen molar-refractivity contribution in [3.63, 3.8) is 0 Å². The van der Waals surface area contributed by atoms with Crippen LogP contribution in [0.1, 0.15) is 10.4 Å². The summed E-state index contributed by atoms with van der Waals surface area (Å²) in [6.45, 7) is 0. The van der Waals surface area contributed by atoms with E-state index in [1.807, 2.05) is 0 Å². The third-order valence-electron chi connectivity index (χ3n) is 3.43. The Labute approximate surface area is 142 Å². The van der Waals surface area contributed by atoms with Gasteiger partial charge in [-0.05, 0) is 24.3 Å². The number of nitrogens with one attached hydrogen (secondary N) is 3. The minimum Gasteiger partial charge on any atom is -0.340 e. The average molecular weight is 342 g/mol. The fraction of sp³-hybridized carbons (Fsp3) is 0.0625. The third-order valence-corrected chi connectivity index (χ3v) is 3.43. The lowest BCUT2D eigenvalue weighted by Crippen LogP contribution is -2.45. The lowest BCUT2D eigenvalue weighted by Gasteiger charge is -2.12. The van der Waals surface area contributed by atoms with Crippen molar-refractivity contribution in [2.45, 2.75) is 0 Å². The monoisotopic (exact) mass is 342 g/mol. The summed E-state index contributed by atoms with van der Waals surface area (Å²) < 4.78 is 17.1. The molecule has 3 N–H and O–H groups in total. The van der Waals surface area contributed by atoms with Crippen LogP contribution in [0.25, 0.3) is 11.5 Å². The maximum absolute atomic E-state index is 14.2. The summed E-state index contributed by atoms with van der Waals surface area (Å²) in [4.78, 5) is 23.6. The number of amides is 3. The van der Waals surface area contributed by atoms with Gasteiger partial charge in [0.25, 0.3) is 5.91 Å². The number of benzene rings is 1. The van der Waals surface area contributed by atoms with Gasteiger partial charge in [-0.1, -0.05) is 12.1 Å². The van der Waals surface area contributed by atoms with Crippen molar-refractivity contribution in [2.24, 2.45) is 0 Å². The largest absolute Gasteiger partial charge is 0.340 e. The van der Waals surface area contributed by atoms with Crippen LogP contribution in [0.2, 0.25) is 0 Å². The molecule has 2 heterocycles. The summed E-state index contributed by atoms with van der Waals surface area (Å²) in [5.74, 6) is -0.726. The number of hydrogen-bond acceptors (Lipinski definition) is 3. The maximum atomic E-state index is 14.2. The van der Waals surface area contributed by atoms with Crippen molar-refractivity contribution in [3.8, 4) is 11.5 Å². The molecule has 0 bridgehead atoms. The van der Waals surface area contributed by atoms with E-state index < -0.39 is 17.8 Å². The Balaban J connectivity index is 2.04. The van der Waals surface area contributed by atoms with Crippen molar-refractivity contribution in [1.82, 2.24) is 30.5 Å². The minimum absolute atomic E-state index is 0.163. The Bertz CT molecular complexity index is 903. The van der Waals surface area contributed by atoms with E-state index in [4.69, 9.17) is 0 Å². The highest BCUT2D eigenvalue weighted by Gasteiger charge is 2.21. The highest BCUT2D eigenvalue weighted by atomic mass is 19.1. The van der Waals surface area contributed by atoms with Gasteiger partial charge in [0, 0.05) is 19.4 Å². The lowest BCUT2D eigenvalue weighted by atomic mass is 10.3. The maximum Gasteiger partial charge on any atom is 0.333 e. The number of carbonyl (C=O) groups is 2. The predicted molar refractivity (Wildman–Crippen MR) is 87.9 cm³/mol. The van der Waals surface area contributed by atoms with Crippen LogP contribution in [0.5, 0.6) is 0 Å². The molecule has 0 spiro atoms. The molecule has 9 heteroatoms. The average Bonchev–Trinajstić information content (AvgIpc) is 3.28. The number of hydrazine groups is 1. The van der Waals surface area contributed by atoms with Crippen molar-refractivity contribution in [3.05, 3.63) is 66.4 Å². The fourth-order valence-electron chi connectivity index (χ4n) is 2.27. The Kier molecular flexibility index (Phi) is 4.46. The van der Waals surface area contributed by atoms with E-state index in [2.05, 4.69) is 21.3 Å². The molecule has 3 amide bonds. The number of carbonyl (C=O) groups excluding carboxylic acids is 2. The summed E-state index contributed by atoms with van der Waals surface area (Å²) in [7, 11) is 1.42. The van der Waals surface area contributed by atoms with Gasteiger partial charge in [0.05, 0.1) is 6.20 Å². The van der Waals surface area contributed by atoms with Crippen molar-refractivity contribution < 1.29 is 14.0 Å². The van der Waals surface area contributed by atoms with Crippen molar-refractivity contribution in [1.29, 1.82) is 0 Å². The molecule has 0 saturated heterocycles. The summed E-state index contributed by atoms with van der Waals surface area (Å²) in [5.41, 5.74) is 4.83. The number of halogens is 1. The van der Waals surface area contributed by atoms with E-state index in [0.29, 0.717) is 5.82 Å². The SMILES string of the molecule is CNC(=O)NNC(=O)c1cnn(-c2ccccc2F)c1-n1cccc1. The normalized spacial score (nSPS) is 10.3. The summed E-state index contributed by atoms with van der Waals surface area (Å²) >= 11 is 0. The zero-order valence-electron chi connectivity index (χ0n) is 13.2. The van der Waals surface area contributed by atoms with E-state index in [1.165, 1.54) is 24.0 Å². The first kappa shape index (κ1) is 16.2. The molecule has 2 aromatic heterocycles. The third kappa shape index (κ3) is 3.20. The molecule has 1 aromatic carbocycles. The van der Waals surface area contributed by atoms with Gasteiger partial charge < -0.3 is 9.88 Å². The zero-order valence-corrected chi connectivity index (χ0v) is 13.2. The van der Waals surface area contributed by atoms with Crippen molar-refractivity contribution in [2.75, 3.05) is 7.05 Å². The number of rotatable bonds is 3. The first-order valence-electron chi connectivity index (χ1n) is 7.36. The first-order valence-corrected chi connectivity index (χ1v) is 7.36. The fourth-order valence-corrected chi connectivity index (χ4v) is 2.27. The summed E-state index contributed by atoms with van der Waals surface area (Å²) in [6.07, 6.45) is 4.72. The lowest BCUT2D eigenvalue weighted by molar-refractivity contribution is 0.0936. The topological polar surface area (TPSA) is 93.0 Å². The van der Waals surface area contributed by atoms with Gasteiger partial charge in [0.1, 0.15) is 17.1 Å².